The van der Waals surface area contributed by atoms with Crippen LogP contribution >= 0.6 is 24.0 Å². The van der Waals surface area contributed by atoms with E-state index in [0.717, 1.165) is 43.2 Å². The molecule has 8 nitrogen and oxygen atoms in total. The molecular weight excluding hydrogens is 533 g/mol. The van der Waals surface area contributed by atoms with Gasteiger partial charge < -0.3 is 25.0 Å². The Bertz CT molecular complexity index is 856. The molecule has 1 amide bonds. The van der Waals surface area contributed by atoms with Gasteiger partial charge in [-0.05, 0) is 36.5 Å². The molecule has 1 aromatic carbocycles. The zero-order valence-electron chi connectivity index (χ0n) is 19.3. The number of ether oxygens (including phenoxy) is 2. The summed E-state index contributed by atoms with van der Waals surface area (Å²) in [6.07, 6.45) is 4.41. The minimum Gasteiger partial charge on any atom is -0.490 e. The van der Waals surface area contributed by atoms with E-state index in [1.165, 1.54) is 0 Å². The Balaban J connectivity index is 0.00000385. The summed E-state index contributed by atoms with van der Waals surface area (Å²) in [5.41, 5.74) is 1.05. The second kappa shape index (κ2) is 14.6. The number of carbonyl (C=O) groups is 1. The number of benzene rings is 1. The lowest BCUT2D eigenvalue weighted by molar-refractivity contribution is -0.121. The van der Waals surface area contributed by atoms with E-state index < -0.39 is 0 Å². The quantitative estimate of drug-likeness (QED) is 0.210. The van der Waals surface area contributed by atoms with Gasteiger partial charge in [-0.3, -0.25) is 9.79 Å². The highest BCUT2D eigenvalue weighted by Crippen LogP contribution is 2.20. The molecule has 33 heavy (non-hydrogen) atoms. The molecule has 180 valence electrons. The standard InChI is InChI=1S/C24H33N5O3.HI/c1-25-22(30)16-19-10-12-29(13-11-19)24(26-2)28-18-20-8-9-23(27-17-20)32-15-14-31-21-6-4-3-5-7-21;/h3-9,17,19H,10-16,18H2,1-2H3,(H,25,30)(H,26,28);1H. The van der Waals surface area contributed by atoms with Gasteiger partial charge in [-0.25, -0.2) is 4.98 Å². The second-order valence-corrected chi connectivity index (χ2v) is 7.72. The number of amides is 1. The van der Waals surface area contributed by atoms with Crippen molar-refractivity contribution in [3.05, 3.63) is 54.2 Å². The van der Waals surface area contributed by atoms with E-state index in [4.69, 9.17) is 9.47 Å². The molecule has 1 aliphatic heterocycles. The van der Waals surface area contributed by atoms with Gasteiger partial charge in [0.05, 0.1) is 0 Å². The molecule has 1 aromatic heterocycles. The Labute approximate surface area is 213 Å². The van der Waals surface area contributed by atoms with Crippen LogP contribution in [0, 0.1) is 5.92 Å². The predicted octanol–water partition coefficient (Wildman–Crippen LogP) is 3.08. The molecule has 1 fully saturated rings. The number of halogens is 1. The third kappa shape index (κ3) is 9.07. The highest BCUT2D eigenvalue weighted by Gasteiger charge is 2.23. The van der Waals surface area contributed by atoms with Gasteiger partial charge in [-0.15, -0.1) is 24.0 Å². The molecule has 0 unspecified atom stereocenters. The number of hydrogen-bond donors (Lipinski definition) is 2. The molecule has 0 atom stereocenters. The molecule has 0 aliphatic carbocycles. The molecule has 2 heterocycles. The molecule has 0 bridgehead atoms. The summed E-state index contributed by atoms with van der Waals surface area (Å²) in [5.74, 6) is 2.85. The average Bonchev–Trinajstić information content (AvgIpc) is 2.84. The van der Waals surface area contributed by atoms with Crippen molar-refractivity contribution >= 4 is 35.8 Å². The van der Waals surface area contributed by atoms with Crippen LogP contribution in [0.5, 0.6) is 11.6 Å². The number of hydrogen-bond acceptors (Lipinski definition) is 5. The summed E-state index contributed by atoms with van der Waals surface area (Å²) < 4.78 is 11.3. The summed E-state index contributed by atoms with van der Waals surface area (Å²) >= 11 is 0. The smallest absolute Gasteiger partial charge is 0.220 e. The van der Waals surface area contributed by atoms with Gasteiger partial charge >= 0.3 is 0 Å². The predicted molar refractivity (Wildman–Crippen MR) is 140 cm³/mol. The molecule has 2 aromatic rings. The maximum absolute atomic E-state index is 11.6. The number of rotatable bonds is 9. The van der Waals surface area contributed by atoms with Crippen molar-refractivity contribution in [1.82, 2.24) is 20.5 Å². The highest BCUT2D eigenvalue weighted by atomic mass is 127. The van der Waals surface area contributed by atoms with Crippen molar-refractivity contribution in [2.24, 2.45) is 10.9 Å². The summed E-state index contributed by atoms with van der Waals surface area (Å²) in [5, 5.41) is 6.12. The second-order valence-electron chi connectivity index (χ2n) is 7.72. The summed E-state index contributed by atoms with van der Waals surface area (Å²) in [6.45, 7) is 3.33. The van der Waals surface area contributed by atoms with Gasteiger partial charge in [-0.1, -0.05) is 24.3 Å². The monoisotopic (exact) mass is 567 g/mol. The topological polar surface area (TPSA) is 88.1 Å². The maximum Gasteiger partial charge on any atom is 0.220 e. The first kappa shape index (κ1) is 26.7. The van der Waals surface area contributed by atoms with Crippen LogP contribution < -0.4 is 20.1 Å². The van der Waals surface area contributed by atoms with Crippen LogP contribution in [0.15, 0.2) is 53.7 Å². The largest absolute Gasteiger partial charge is 0.490 e. The van der Waals surface area contributed by atoms with Gasteiger partial charge in [-0.2, -0.15) is 0 Å². The third-order valence-corrected chi connectivity index (χ3v) is 5.47. The molecule has 2 N–H and O–H groups in total. The van der Waals surface area contributed by atoms with E-state index in [1.54, 1.807) is 14.1 Å². The normalized spacial score (nSPS) is 14.2. The van der Waals surface area contributed by atoms with Crippen LogP contribution in [0.1, 0.15) is 24.8 Å². The van der Waals surface area contributed by atoms with E-state index in [0.29, 0.717) is 38.0 Å². The number of piperidine rings is 1. The lowest BCUT2D eigenvalue weighted by Gasteiger charge is -2.34. The Morgan fingerprint density at radius 2 is 1.85 bits per heavy atom. The zero-order chi connectivity index (χ0) is 22.6. The number of aromatic nitrogens is 1. The van der Waals surface area contributed by atoms with Crippen LogP contribution in [0.4, 0.5) is 0 Å². The van der Waals surface area contributed by atoms with E-state index in [2.05, 4.69) is 25.5 Å². The molecule has 9 heteroatoms. The van der Waals surface area contributed by atoms with Gasteiger partial charge in [0.2, 0.25) is 11.8 Å². The zero-order valence-corrected chi connectivity index (χ0v) is 21.7. The van der Waals surface area contributed by atoms with Crippen LogP contribution in [-0.4, -0.2) is 62.1 Å². The number of nitrogens with one attached hydrogen (secondary N) is 2. The highest BCUT2D eigenvalue weighted by molar-refractivity contribution is 14.0. The fourth-order valence-electron chi connectivity index (χ4n) is 3.65. The summed E-state index contributed by atoms with van der Waals surface area (Å²) in [6, 6.07) is 13.5. The fourth-order valence-corrected chi connectivity index (χ4v) is 3.65. The summed E-state index contributed by atoms with van der Waals surface area (Å²) in [7, 11) is 3.49. The maximum atomic E-state index is 11.6. The van der Waals surface area contributed by atoms with E-state index in [1.807, 2.05) is 48.7 Å². The van der Waals surface area contributed by atoms with Gasteiger partial charge in [0.25, 0.3) is 0 Å². The first-order valence-electron chi connectivity index (χ1n) is 11.1. The number of carbonyl (C=O) groups excluding carboxylic acids is 1. The van der Waals surface area contributed by atoms with Crippen molar-refractivity contribution in [2.45, 2.75) is 25.8 Å². The molecule has 1 aliphatic rings. The lowest BCUT2D eigenvalue weighted by Crippen LogP contribution is -2.45. The Morgan fingerprint density at radius 3 is 2.48 bits per heavy atom. The number of likely N-dealkylation sites (tertiary alicyclic amines) is 1. The average molecular weight is 567 g/mol. The Morgan fingerprint density at radius 1 is 1.12 bits per heavy atom. The number of pyridine rings is 1. The molecule has 1 saturated heterocycles. The number of para-hydroxylation sites is 1. The van der Waals surface area contributed by atoms with Crippen molar-refractivity contribution in [1.29, 1.82) is 0 Å². The van der Waals surface area contributed by atoms with Crippen LogP contribution in [0.3, 0.4) is 0 Å². The van der Waals surface area contributed by atoms with Crippen molar-refractivity contribution in [2.75, 3.05) is 40.4 Å². The van der Waals surface area contributed by atoms with Crippen molar-refractivity contribution in [3.63, 3.8) is 0 Å². The first-order chi connectivity index (χ1) is 15.7. The molecule has 0 spiro atoms. The molecule has 0 saturated carbocycles. The van der Waals surface area contributed by atoms with Crippen LogP contribution in [0.2, 0.25) is 0 Å². The van der Waals surface area contributed by atoms with Gasteiger partial charge in [0.15, 0.2) is 5.96 Å². The first-order valence-corrected chi connectivity index (χ1v) is 11.1. The summed E-state index contributed by atoms with van der Waals surface area (Å²) in [4.78, 5) is 22.6. The number of nitrogens with zero attached hydrogens (tertiary/aromatic N) is 3. The SMILES string of the molecule is CN=C(NCc1ccc(OCCOc2ccccc2)nc1)N1CCC(CC(=O)NC)CC1.I. The van der Waals surface area contributed by atoms with Crippen molar-refractivity contribution in [3.8, 4) is 11.6 Å². The number of guanidine groups is 1. The van der Waals surface area contributed by atoms with E-state index in [-0.39, 0.29) is 29.9 Å². The van der Waals surface area contributed by atoms with E-state index in [9.17, 15) is 4.79 Å². The van der Waals surface area contributed by atoms with Gasteiger partial charge in [0.1, 0.15) is 19.0 Å². The molecule has 3 rings (SSSR count). The molecule has 0 radical (unpaired) electrons. The minimum absolute atomic E-state index is 0. The van der Waals surface area contributed by atoms with E-state index >= 15 is 0 Å². The minimum atomic E-state index is 0. The van der Waals surface area contributed by atoms with Crippen LogP contribution in [-0.2, 0) is 11.3 Å². The fraction of sp³-hybridized carbons (Fsp3) is 0.458. The molecular formula is C24H34IN5O3. The van der Waals surface area contributed by atoms with Gasteiger partial charge in [0, 0.05) is 52.4 Å². The Kier molecular flexibility index (Phi) is 11.8. The van der Waals surface area contributed by atoms with Crippen molar-refractivity contribution < 1.29 is 14.3 Å². The number of aliphatic imine (C=N–C) groups is 1. The third-order valence-electron chi connectivity index (χ3n) is 5.47. The lowest BCUT2D eigenvalue weighted by atomic mass is 9.93. The Hall–Kier alpha value is -2.56. The van der Waals surface area contributed by atoms with Crippen LogP contribution in [0.25, 0.3) is 0 Å².